The van der Waals surface area contributed by atoms with Crippen molar-refractivity contribution in [2.24, 2.45) is 0 Å². The molecule has 0 aliphatic heterocycles. The zero-order chi connectivity index (χ0) is 22.4. The van der Waals surface area contributed by atoms with Gasteiger partial charge < -0.3 is 10.1 Å². The molecule has 6 nitrogen and oxygen atoms in total. The third-order valence-electron chi connectivity index (χ3n) is 4.67. The van der Waals surface area contributed by atoms with Crippen LogP contribution in [0.15, 0.2) is 77.7 Å². The van der Waals surface area contributed by atoms with Gasteiger partial charge in [0, 0.05) is 5.69 Å². The average Bonchev–Trinajstić information content (AvgIpc) is 2.74. The number of amides is 1. The maximum absolute atomic E-state index is 13.5. The topological polar surface area (TPSA) is 84.5 Å². The Balaban J connectivity index is 1.88. The molecule has 0 saturated heterocycles. The lowest BCUT2D eigenvalue weighted by Gasteiger charge is -2.19. The van der Waals surface area contributed by atoms with E-state index in [0.717, 1.165) is 5.56 Å². The van der Waals surface area contributed by atoms with Gasteiger partial charge in [-0.15, -0.1) is 0 Å². The minimum absolute atomic E-state index is 0.0161. The summed E-state index contributed by atoms with van der Waals surface area (Å²) in [5, 5.41) is 2.58. The van der Waals surface area contributed by atoms with Crippen molar-refractivity contribution < 1.29 is 22.3 Å². The molecule has 1 amide bonds. The molecule has 1 atom stereocenters. The maximum Gasteiger partial charge on any atom is 0.242 e. The highest BCUT2D eigenvalue weighted by atomic mass is 32.2. The SMILES string of the molecule is COc1ccc(S(=O)(=O)NC(Cc2ccccc2)C(=O)Nc2cccc(F)c2)cc1C. The largest absolute Gasteiger partial charge is 0.496 e. The van der Waals surface area contributed by atoms with Gasteiger partial charge >= 0.3 is 0 Å². The van der Waals surface area contributed by atoms with Crippen molar-refractivity contribution in [3.8, 4) is 5.75 Å². The quantitative estimate of drug-likeness (QED) is 0.558. The smallest absolute Gasteiger partial charge is 0.242 e. The lowest BCUT2D eigenvalue weighted by Crippen LogP contribution is -2.45. The molecule has 0 radical (unpaired) electrons. The highest BCUT2D eigenvalue weighted by Crippen LogP contribution is 2.22. The second-order valence-corrected chi connectivity index (χ2v) is 8.71. The number of methoxy groups -OCH3 is 1. The van der Waals surface area contributed by atoms with Gasteiger partial charge in [0.25, 0.3) is 0 Å². The van der Waals surface area contributed by atoms with E-state index < -0.39 is 27.8 Å². The number of anilines is 1. The first-order valence-electron chi connectivity index (χ1n) is 9.56. The molecular weight excluding hydrogens is 419 g/mol. The van der Waals surface area contributed by atoms with Gasteiger partial charge in [-0.25, -0.2) is 12.8 Å². The van der Waals surface area contributed by atoms with E-state index >= 15 is 0 Å². The summed E-state index contributed by atoms with van der Waals surface area (Å²) in [6.07, 6.45) is 0.121. The molecule has 0 bridgehead atoms. The zero-order valence-corrected chi connectivity index (χ0v) is 17.9. The maximum atomic E-state index is 13.5. The number of ether oxygens (including phenoxy) is 1. The van der Waals surface area contributed by atoms with Crippen molar-refractivity contribution in [3.63, 3.8) is 0 Å². The monoisotopic (exact) mass is 442 g/mol. The molecule has 31 heavy (non-hydrogen) atoms. The summed E-state index contributed by atoms with van der Waals surface area (Å²) in [5.74, 6) is -0.543. The Labute approximate surface area is 181 Å². The van der Waals surface area contributed by atoms with Crippen molar-refractivity contribution in [2.45, 2.75) is 24.3 Å². The van der Waals surface area contributed by atoms with Gasteiger partial charge in [0.1, 0.15) is 17.6 Å². The number of rotatable bonds is 8. The van der Waals surface area contributed by atoms with Crippen LogP contribution in [0.3, 0.4) is 0 Å². The summed E-state index contributed by atoms with van der Waals surface area (Å²) in [6.45, 7) is 1.73. The van der Waals surface area contributed by atoms with Crippen LogP contribution in [0, 0.1) is 12.7 Å². The predicted octanol–water partition coefficient (Wildman–Crippen LogP) is 3.67. The Morgan fingerprint density at radius 3 is 2.42 bits per heavy atom. The lowest BCUT2D eigenvalue weighted by atomic mass is 10.1. The van der Waals surface area contributed by atoms with Crippen LogP contribution in [0.2, 0.25) is 0 Å². The van der Waals surface area contributed by atoms with E-state index in [4.69, 9.17) is 4.74 Å². The Hall–Kier alpha value is -3.23. The van der Waals surface area contributed by atoms with Crippen molar-refractivity contribution in [2.75, 3.05) is 12.4 Å². The molecule has 0 heterocycles. The Bertz CT molecular complexity index is 1170. The molecule has 0 aliphatic rings. The van der Waals surface area contributed by atoms with Crippen LogP contribution in [0.25, 0.3) is 0 Å². The van der Waals surface area contributed by atoms with Gasteiger partial charge in [0.15, 0.2) is 0 Å². The normalized spacial score (nSPS) is 12.2. The van der Waals surface area contributed by atoms with Gasteiger partial charge in [0.05, 0.1) is 12.0 Å². The molecule has 3 aromatic carbocycles. The highest BCUT2D eigenvalue weighted by molar-refractivity contribution is 7.89. The van der Waals surface area contributed by atoms with Crippen molar-refractivity contribution in [1.82, 2.24) is 4.72 Å². The third kappa shape index (κ3) is 5.90. The standard InChI is InChI=1S/C23H23FN2O4S/c1-16-13-20(11-12-22(16)30-2)31(28,29)26-21(14-17-7-4-3-5-8-17)23(27)25-19-10-6-9-18(24)15-19/h3-13,15,21,26H,14H2,1-2H3,(H,25,27). The van der Waals surface area contributed by atoms with E-state index in [1.165, 1.54) is 43.5 Å². The number of aryl methyl sites for hydroxylation is 1. The van der Waals surface area contributed by atoms with Crippen LogP contribution < -0.4 is 14.8 Å². The van der Waals surface area contributed by atoms with Gasteiger partial charge in [-0.3, -0.25) is 4.79 Å². The molecule has 3 rings (SSSR count). The first kappa shape index (κ1) is 22.5. The number of benzene rings is 3. The summed E-state index contributed by atoms with van der Waals surface area (Å²) in [5.41, 5.74) is 1.66. The fourth-order valence-electron chi connectivity index (χ4n) is 3.11. The van der Waals surface area contributed by atoms with Gasteiger partial charge in [-0.05, 0) is 60.9 Å². The molecular formula is C23H23FN2O4S. The number of hydrogen-bond acceptors (Lipinski definition) is 4. The summed E-state index contributed by atoms with van der Waals surface area (Å²) >= 11 is 0. The van der Waals surface area contributed by atoms with E-state index in [-0.39, 0.29) is 17.0 Å². The van der Waals surface area contributed by atoms with Crippen LogP contribution in [0.1, 0.15) is 11.1 Å². The van der Waals surface area contributed by atoms with Crippen molar-refractivity contribution >= 4 is 21.6 Å². The first-order chi connectivity index (χ1) is 14.8. The average molecular weight is 443 g/mol. The third-order valence-corrected chi connectivity index (χ3v) is 6.13. The van der Waals surface area contributed by atoms with E-state index in [2.05, 4.69) is 10.0 Å². The fourth-order valence-corrected chi connectivity index (χ4v) is 4.39. The van der Waals surface area contributed by atoms with E-state index in [9.17, 15) is 17.6 Å². The van der Waals surface area contributed by atoms with Crippen LogP contribution in [0.4, 0.5) is 10.1 Å². The van der Waals surface area contributed by atoms with Gasteiger partial charge in [-0.2, -0.15) is 4.72 Å². The molecule has 162 valence electrons. The lowest BCUT2D eigenvalue weighted by molar-refractivity contribution is -0.117. The van der Waals surface area contributed by atoms with Crippen LogP contribution in [-0.4, -0.2) is 27.5 Å². The molecule has 0 saturated carbocycles. The Morgan fingerprint density at radius 2 is 1.77 bits per heavy atom. The minimum atomic E-state index is -4.01. The molecule has 1 unspecified atom stereocenters. The molecule has 8 heteroatoms. The van der Waals surface area contributed by atoms with E-state index in [1.807, 2.05) is 6.07 Å². The number of hydrogen-bond donors (Lipinski definition) is 2. The molecule has 2 N–H and O–H groups in total. The summed E-state index contributed by atoms with van der Waals surface area (Å²) in [4.78, 5) is 12.9. The van der Waals surface area contributed by atoms with Gasteiger partial charge in [0.2, 0.25) is 15.9 Å². The highest BCUT2D eigenvalue weighted by Gasteiger charge is 2.26. The summed E-state index contributed by atoms with van der Waals surface area (Å²) in [6, 6.07) is 17.8. The van der Waals surface area contributed by atoms with Crippen LogP contribution >= 0.6 is 0 Å². The Kier molecular flexibility index (Phi) is 7.04. The fraction of sp³-hybridized carbons (Fsp3) is 0.174. The molecule has 0 aliphatic carbocycles. The van der Waals surface area contributed by atoms with Crippen LogP contribution in [0.5, 0.6) is 5.75 Å². The zero-order valence-electron chi connectivity index (χ0n) is 17.1. The van der Waals surface area contributed by atoms with E-state index in [0.29, 0.717) is 11.3 Å². The number of carbonyl (C=O) groups excluding carboxylic acids is 1. The van der Waals surface area contributed by atoms with Crippen molar-refractivity contribution in [1.29, 1.82) is 0 Å². The molecule has 3 aromatic rings. The van der Waals surface area contributed by atoms with Gasteiger partial charge in [-0.1, -0.05) is 36.4 Å². The number of sulfonamides is 1. The summed E-state index contributed by atoms with van der Waals surface area (Å²) in [7, 11) is -2.51. The molecule has 0 fully saturated rings. The van der Waals surface area contributed by atoms with Crippen LogP contribution in [-0.2, 0) is 21.2 Å². The number of carbonyl (C=O) groups is 1. The summed E-state index contributed by atoms with van der Waals surface area (Å²) < 4.78 is 47.2. The first-order valence-corrected chi connectivity index (χ1v) is 11.0. The Morgan fingerprint density at radius 1 is 1.03 bits per heavy atom. The molecule has 0 spiro atoms. The second kappa shape index (κ2) is 9.72. The van der Waals surface area contributed by atoms with E-state index in [1.54, 1.807) is 37.3 Å². The minimum Gasteiger partial charge on any atom is -0.496 e. The second-order valence-electron chi connectivity index (χ2n) is 6.99. The molecule has 0 aromatic heterocycles. The predicted molar refractivity (Wildman–Crippen MR) is 117 cm³/mol. The van der Waals surface area contributed by atoms with Crippen molar-refractivity contribution in [3.05, 3.63) is 89.7 Å². The number of nitrogens with one attached hydrogen (secondary N) is 2. The number of halogens is 1.